The van der Waals surface area contributed by atoms with Gasteiger partial charge in [0.25, 0.3) is 5.91 Å². The van der Waals surface area contributed by atoms with Crippen LogP contribution in [-0.4, -0.2) is 138 Å². The molecule has 6 heterocycles. The maximum atomic E-state index is 14.1. The average Bonchev–Trinajstić information content (AvgIpc) is 3.44. The first-order valence-corrected chi connectivity index (χ1v) is 45.6. The number of amides is 1. The number of carbonyl (C=O) groups excluding carboxylic acids is 1. The number of carboxylic acid groups (broad SMARTS) is 1. The molecule has 3 aromatic rings. The number of benzene rings is 3. The van der Waals surface area contributed by atoms with Gasteiger partial charge in [-0.3, -0.25) is 4.79 Å². The largest absolute Gasteiger partial charge is 0.478 e. The number of nitrogens with zero attached hydrogens (tertiary/aromatic N) is 1. The van der Waals surface area contributed by atoms with E-state index in [1.807, 2.05) is 59.5 Å². The average molecular weight is 1190 g/mol. The third kappa shape index (κ3) is 13.8. The Morgan fingerprint density at radius 2 is 0.658 bits per heavy atom. The van der Waals surface area contributed by atoms with Crippen molar-refractivity contribution in [2.24, 2.45) is 40.1 Å². The Hall–Kier alpha value is -2.46. The third-order valence-electron chi connectivity index (χ3n) is 15.3. The summed E-state index contributed by atoms with van der Waals surface area (Å²) in [4.78, 5) is 27.8. The monoisotopic (exact) mass is 1190 g/mol. The second-order valence-electron chi connectivity index (χ2n) is 21.5. The molecule has 6 aliphatic rings. The van der Waals surface area contributed by atoms with E-state index in [9.17, 15) is 14.7 Å². The molecule has 1 amide bonds. The fourth-order valence-electron chi connectivity index (χ4n) is 12.4. The van der Waals surface area contributed by atoms with Crippen LogP contribution in [0, 0.1) is 0 Å². The van der Waals surface area contributed by atoms with Crippen molar-refractivity contribution in [3.05, 3.63) is 90.0 Å². The van der Waals surface area contributed by atoms with E-state index in [1.165, 1.54) is 0 Å². The lowest BCUT2D eigenvalue weighted by Crippen LogP contribution is -2.85. The van der Waals surface area contributed by atoms with Crippen LogP contribution in [0.3, 0.4) is 0 Å². The van der Waals surface area contributed by atoms with Crippen LogP contribution in [0.15, 0.2) is 78.9 Å². The lowest BCUT2D eigenvalue weighted by atomic mass is 10.1. The predicted octanol–water partition coefficient (Wildman–Crippen LogP) is 5.31. The van der Waals surface area contributed by atoms with Crippen molar-refractivity contribution in [3.8, 4) is 0 Å². The van der Waals surface area contributed by atoms with Gasteiger partial charge in [-0.15, -0.1) is 0 Å². The zero-order valence-electron chi connectivity index (χ0n) is 44.3. The van der Waals surface area contributed by atoms with E-state index >= 15 is 0 Å². The summed E-state index contributed by atoms with van der Waals surface area (Å²) in [7, 11) is -27.4. The minimum Gasteiger partial charge on any atom is -0.478 e. The van der Waals surface area contributed by atoms with E-state index in [0.29, 0.717) is 180 Å². The van der Waals surface area contributed by atoms with Crippen molar-refractivity contribution >= 4 is 97.4 Å². The number of anilines is 3. The highest BCUT2D eigenvalue weighted by molar-refractivity contribution is 7.13. The van der Waals surface area contributed by atoms with Crippen LogP contribution < -0.4 is 50.4 Å². The van der Waals surface area contributed by atoms with Gasteiger partial charge in [-0.05, 0) is 206 Å². The smallest absolute Gasteiger partial charge is 0.335 e. The van der Waals surface area contributed by atoms with E-state index in [1.54, 1.807) is 24.3 Å². The molecular weight excluding hydrogens is 1100 g/mol. The number of carbonyl (C=O) groups is 2. The lowest BCUT2D eigenvalue weighted by molar-refractivity contribution is 0.0696. The van der Waals surface area contributed by atoms with Crippen LogP contribution in [0.1, 0.15) is 72.1 Å². The Kier molecular flexibility index (Phi) is 20.4. The maximum Gasteiger partial charge on any atom is 0.335 e. The van der Waals surface area contributed by atoms with Gasteiger partial charge in [-0.25, -0.2) is 4.79 Å². The topological polar surface area (TPSA) is 326 Å². The highest BCUT2D eigenvalue weighted by Gasteiger charge is 2.78. The van der Waals surface area contributed by atoms with E-state index < -0.39 is 74.5 Å². The van der Waals surface area contributed by atoms with Crippen LogP contribution in [0.4, 0.5) is 17.1 Å². The molecule has 76 heavy (non-hydrogen) atoms. The van der Waals surface area contributed by atoms with E-state index in [4.69, 9.17) is 73.1 Å². The zero-order chi connectivity index (χ0) is 54.0. The summed E-state index contributed by atoms with van der Waals surface area (Å²) in [6.07, 6.45) is 5.39. The van der Waals surface area contributed by atoms with Crippen molar-refractivity contribution < 1.29 is 47.6 Å². The summed E-state index contributed by atoms with van der Waals surface area (Å²) >= 11 is 0. The molecule has 0 spiro atoms. The molecular formula is C48H85N9O11Si8. The van der Waals surface area contributed by atoms with E-state index in [-0.39, 0.29) is 11.5 Å². The third-order valence-corrected chi connectivity index (χ3v) is 65.2. The molecule has 420 valence electrons. The molecule has 8 atom stereocenters. The van der Waals surface area contributed by atoms with Gasteiger partial charge in [-0.1, -0.05) is 18.2 Å². The predicted molar refractivity (Wildman–Crippen MR) is 313 cm³/mol. The Bertz CT molecular complexity index is 2240. The molecule has 20 nitrogen and oxygen atoms in total. The van der Waals surface area contributed by atoms with Crippen LogP contribution in [-0.2, 0) is 32.9 Å². The number of hydrogen-bond donors (Lipinski definition) is 9. The van der Waals surface area contributed by atoms with Gasteiger partial charge in [0.05, 0.1) is 5.56 Å². The molecule has 0 radical (unpaired) electrons. The van der Waals surface area contributed by atoms with Crippen molar-refractivity contribution in [1.82, 2.24) is 5.32 Å². The summed E-state index contributed by atoms with van der Waals surface area (Å²) in [5.74, 6) is -1.21. The molecule has 3 aromatic carbocycles. The van der Waals surface area contributed by atoms with Crippen LogP contribution in [0.5, 0.6) is 0 Å². The molecule has 8 bridgehead atoms. The maximum absolute atomic E-state index is 14.1. The molecule has 28 heteroatoms. The second-order valence-corrected chi connectivity index (χ2v) is 52.2. The van der Waals surface area contributed by atoms with Crippen molar-refractivity contribution in [1.29, 1.82) is 0 Å². The zero-order valence-corrected chi connectivity index (χ0v) is 52.3. The summed E-state index contributed by atoms with van der Waals surface area (Å²) in [5.41, 5.74) is 50.3. The quantitative estimate of drug-likeness (QED) is 0.0302. The van der Waals surface area contributed by atoms with Crippen LogP contribution in [0.2, 0.25) is 71.0 Å². The number of nitrogens with two attached hydrogens (primary N) is 7. The molecule has 9 rings (SSSR count). The minimum atomic E-state index is -3.55. The summed E-state index contributed by atoms with van der Waals surface area (Å²) < 4.78 is 65.5. The molecule has 6 saturated heterocycles. The van der Waals surface area contributed by atoms with E-state index in [2.05, 4.69) is 5.32 Å². The number of nitrogens with one attached hydrogen (secondary N) is 1. The molecule has 0 aromatic heterocycles. The van der Waals surface area contributed by atoms with Gasteiger partial charge >= 0.3 is 74.5 Å². The first-order valence-electron chi connectivity index (χ1n) is 27.7. The highest BCUT2D eigenvalue weighted by Crippen LogP contribution is 2.58. The molecule has 16 N–H and O–H groups in total. The van der Waals surface area contributed by atoms with Crippen molar-refractivity contribution in [3.63, 3.8) is 0 Å². The molecule has 8 unspecified atom stereocenters. The first-order chi connectivity index (χ1) is 36.7. The van der Waals surface area contributed by atoms with Gasteiger partial charge in [0, 0.05) is 51.8 Å². The molecule has 0 aliphatic carbocycles. The number of aromatic carboxylic acids is 1. The molecule has 0 saturated carbocycles. The molecule has 6 aliphatic heterocycles. The van der Waals surface area contributed by atoms with E-state index in [0.717, 1.165) is 17.1 Å². The Balaban J connectivity index is 1.18. The minimum absolute atomic E-state index is 0.195. The fraction of sp³-hybridized carbons (Fsp3) is 0.583. The Morgan fingerprint density at radius 3 is 0.934 bits per heavy atom. The number of carboxylic acids is 1. The Labute approximate surface area is 457 Å². The second kappa shape index (κ2) is 26.0. The van der Waals surface area contributed by atoms with Gasteiger partial charge in [0.1, 0.15) is 0 Å². The van der Waals surface area contributed by atoms with Gasteiger partial charge < -0.3 is 88.4 Å². The van der Waals surface area contributed by atoms with Crippen molar-refractivity contribution in [2.75, 3.05) is 57.3 Å². The van der Waals surface area contributed by atoms with Crippen LogP contribution >= 0.6 is 0 Å². The standard InChI is InChI=1S/C48H85N9O11Si8/c49-22-4-30-69-38-70(31-5-23-50)63-73(34-8-26-53)39-71(61-69,32-6-24-51)64-74(35-9-27-54)40-72(62-69,33-7-25-52)66-75(65-70,36-10-28-55)41-76(67-73,68-74)37-11-29-56-47(58)42-14-18-45(19-15-42)57(44-12-2-1-3-13-44)46-20-16-43(17-21-46)48(59)60/h1-3,12-21H,4-11,22-41,49-55H2,(H,56,58)(H,59,60). The number of para-hydroxylation sites is 1. The number of rotatable bonds is 30. The fourth-order valence-corrected chi connectivity index (χ4v) is 84.7. The Morgan fingerprint density at radius 1 is 0.395 bits per heavy atom. The number of hydrogen-bond acceptors (Lipinski definition) is 18. The van der Waals surface area contributed by atoms with Crippen LogP contribution in [0.25, 0.3) is 0 Å². The first kappa shape index (κ1) is 59.7. The lowest BCUT2D eigenvalue weighted by Gasteiger charge is -2.66. The van der Waals surface area contributed by atoms with Gasteiger partial charge in [0.2, 0.25) is 0 Å². The SMILES string of the molecule is NCCC[Si]12C[Si]3(CCCN)O[Si]4(CCCN)C[Si]5(CCCN)O[Si](CCCN)(C[Si](CCCN)(O1)O4)O[Si](CCCN)(C[Si](CCCNC(=O)c1ccc(N(c4ccccc4)c4ccc(C(=O)O)cc4)cc1)(O3)O5)O2. The summed E-state index contributed by atoms with van der Waals surface area (Å²) in [6.45, 7) is 3.58. The summed E-state index contributed by atoms with van der Waals surface area (Å²) in [5, 5.41) is 12.8. The summed E-state index contributed by atoms with van der Waals surface area (Å²) in [6, 6.07) is 29.0. The van der Waals surface area contributed by atoms with Crippen molar-refractivity contribution in [2.45, 2.75) is 122 Å². The van der Waals surface area contributed by atoms with Gasteiger partial charge in [-0.2, -0.15) is 0 Å². The molecule has 6 fully saturated rings. The highest BCUT2D eigenvalue weighted by atomic mass is 28.6. The van der Waals surface area contributed by atoms with Gasteiger partial charge in [0.15, 0.2) is 0 Å². The normalized spacial score (nSPS) is 31.5.